The van der Waals surface area contributed by atoms with Crippen LogP contribution in [-0.2, 0) is 0 Å². The van der Waals surface area contributed by atoms with Crippen LogP contribution >= 0.6 is 11.6 Å². The molecule has 1 aliphatic heterocycles. The first-order valence-electron chi connectivity index (χ1n) is 6.21. The van der Waals surface area contributed by atoms with Gasteiger partial charge in [-0.15, -0.1) is 0 Å². The maximum atomic E-state index is 5.96. The number of pyridine rings is 1. The number of halogens is 1. The molecule has 94 valence electrons. The van der Waals surface area contributed by atoms with Crippen molar-refractivity contribution in [3.8, 4) is 5.75 Å². The lowest BCUT2D eigenvalue weighted by molar-refractivity contribution is 0.263. The van der Waals surface area contributed by atoms with E-state index in [0.29, 0.717) is 10.9 Å². The number of aromatic nitrogens is 1. The summed E-state index contributed by atoms with van der Waals surface area (Å²) in [4.78, 5) is 4.31. The Morgan fingerprint density at radius 1 is 1.39 bits per heavy atom. The highest BCUT2D eigenvalue weighted by Gasteiger charge is 2.15. The average Bonchev–Trinajstić information content (AvgIpc) is 2.89. The summed E-state index contributed by atoms with van der Waals surface area (Å²) in [6, 6.07) is 7.61. The molecule has 1 atom stereocenters. The third kappa shape index (κ3) is 2.42. The number of hydrogen-bond donors (Lipinski definition) is 1. The summed E-state index contributed by atoms with van der Waals surface area (Å²) >= 11 is 5.96. The normalized spacial score (nSPS) is 19.3. The lowest BCUT2D eigenvalue weighted by atomic mass is 10.1. The molecular formula is C14H15ClN2O. The molecule has 18 heavy (non-hydrogen) atoms. The Bertz CT molecular complexity index is 552. The topological polar surface area (TPSA) is 34.1 Å². The fourth-order valence-electron chi connectivity index (χ4n) is 2.29. The van der Waals surface area contributed by atoms with Crippen molar-refractivity contribution in [3.63, 3.8) is 0 Å². The van der Waals surface area contributed by atoms with E-state index in [-0.39, 0.29) is 0 Å². The minimum Gasteiger partial charge on any atom is -0.492 e. The van der Waals surface area contributed by atoms with Crippen LogP contribution in [0, 0.1) is 5.92 Å². The van der Waals surface area contributed by atoms with Crippen LogP contribution in [0.1, 0.15) is 6.42 Å². The Balaban J connectivity index is 1.82. The van der Waals surface area contributed by atoms with Gasteiger partial charge < -0.3 is 10.1 Å². The van der Waals surface area contributed by atoms with Crippen molar-refractivity contribution in [2.24, 2.45) is 5.92 Å². The molecule has 1 saturated heterocycles. The van der Waals surface area contributed by atoms with Crippen LogP contribution in [0.15, 0.2) is 30.5 Å². The molecule has 1 N–H and O–H groups in total. The van der Waals surface area contributed by atoms with E-state index in [1.165, 1.54) is 6.42 Å². The lowest BCUT2D eigenvalue weighted by Crippen LogP contribution is -2.15. The largest absolute Gasteiger partial charge is 0.492 e. The van der Waals surface area contributed by atoms with Gasteiger partial charge in [0, 0.05) is 29.1 Å². The Morgan fingerprint density at radius 3 is 3.17 bits per heavy atom. The van der Waals surface area contributed by atoms with Crippen molar-refractivity contribution >= 4 is 22.5 Å². The molecule has 1 fully saturated rings. The van der Waals surface area contributed by atoms with Crippen molar-refractivity contribution in [2.75, 3.05) is 19.7 Å². The van der Waals surface area contributed by atoms with E-state index in [9.17, 15) is 0 Å². The Morgan fingerprint density at radius 2 is 2.33 bits per heavy atom. The van der Waals surface area contributed by atoms with Gasteiger partial charge in [0.1, 0.15) is 5.75 Å². The minimum atomic E-state index is 0.612. The van der Waals surface area contributed by atoms with Crippen LogP contribution < -0.4 is 10.1 Å². The quantitative estimate of drug-likeness (QED) is 0.924. The number of nitrogens with zero attached hydrogens (tertiary/aromatic N) is 1. The van der Waals surface area contributed by atoms with Gasteiger partial charge in [0.25, 0.3) is 0 Å². The SMILES string of the molecule is Clc1ccc2c(OCC3CCNC3)ccnc2c1. The molecule has 3 rings (SSSR count). The molecule has 1 aliphatic rings. The molecule has 1 aromatic carbocycles. The molecule has 4 heteroatoms. The van der Waals surface area contributed by atoms with Crippen LogP contribution in [0.2, 0.25) is 5.02 Å². The van der Waals surface area contributed by atoms with E-state index in [1.54, 1.807) is 6.20 Å². The van der Waals surface area contributed by atoms with Gasteiger partial charge in [-0.05, 0) is 37.2 Å². The molecule has 0 spiro atoms. The molecule has 2 heterocycles. The van der Waals surface area contributed by atoms with Crippen molar-refractivity contribution in [2.45, 2.75) is 6.42 Å². The molecule has 0 radical (unpaired) electrons. The van der Waals surface area contributed by atoms with Crippen molar-refractivity contribution in [1.82, 2.24) is 10.3 Å². The maximum Gasteiger partial charge on any atom is 0.130 e. The monoisotopic (exact) mass is 262 g/mol. The van der Waals surface area contributed by atoms with Gasteiger partial charge in [0.15, 0.2) is 0 Å². The Kier molecular flexibility index (Phi) is 3.35. The summed E-state index contributed by atoms with van der Waals surface area (Å²) in [5.74, 6) is 1.50. The van der Waals surface area contributed by atoms with E-state index in [1.807, 2.05) is 24.3 Å². The molecule has 0 saturated carbocycles. The third-order valence-electron chi connectivity index (χ3n) is 3.30. The summed E-state index contributed by atoms with van der Waals surface area (Å²) in [7, 11) is 0. The van der Waals surface area contributed by atoms with Crippen LogP contribution in [0.5, 0.6) is 5.75 Å². The van der Waals surface area contributed by atoms with Crippen molar-refractivity contribution < 1.29 is 4.74 Å². The summed E-state index contributed by atoms with van der Waals surface area (Å²) in [5.41, 5.74) is 0.879. The second kappa shape index (κ2) is 5.12. The fraction of sp³-hybridized carbons (Fsp3) is 0.357. The van der Waals surface area contributed by atoms with Crippen LogP contribution in [0.25, 0.3) is 10.9 Å². The molecule has 1 unspecified atom stereocenters. The maximum absolute atomic E-state index is 5.96. The number of rotatable bonds is 3. The van der Waals surface area contributed by atoms with E-state index < -0.39 is 0 Å². The zero-order valence-corrected chi connectivity index (χ0v) is 10.8. The number of hydrogen-bond acceptors (Lipinski definition) is 3. The second-order valence-electron chi connectivity index (χ2n) is 4.64. The zero-order valence-electron chi connectivity index (χ0n) is 10.0. The van der Waals surface area contributed by atoms with Crippen LogP contribution in [-0.4, -0.2) is 24.7 Å². The highest BCUT2D eigenvalue weighted by atomic mass is 35.5. The molecule has 1 aromatic heterocycles. The lowest BCUT2D eigenvalue weighted by Gasteiger charge is -2.12. The number of ether oxygens (including phenoxy) is 1. The molecular weight excluding hydrogens is 248 g/mol. The summed E-state index contributed by atoms with van der Waals surface area (Å²) in [6.45, 7) is 2.91. The first kappa shape index (κ1) is 11.8. The van der Waals surface area contributed by atoms with Gasteiger partial charge in [0.05, 0.1) is 12.1 Å². The predicted molar refractivity (Wildman–Crippen MR) is 73.2 cm³/mol. The summed E-state index contributed by atoms with van der Waals surface area (Å²) < 4.78 is 5.92. The Labute approximate surface area is 111 Å². The summed E-state index contributed by atoms with van der Waals surface area (Å²) in [6.07, 6.45) is 2.95. The third-order valence-corrected chi connectivity index (χ3v) is 3.54. The Hall–Kier alpha value is -1.32. The van der Waals surface area contributed by atoms with Gasteiger partial charge in [0.2, 0.25) is 0 Å². The first-order chi connectivity index (χ1) is 8.83. The van der Waals surface area contributed by atoms with Gasteiger partial charge in [-0.1, -0.05) is 11.6 Å². The molecule has 0 bridgehead atoms. The summed E-state index contributed by atoms with van der Waals surface area (Å²) in [5, 5.41) is 5.07. The molecule has 0 aliphatic carbocycles. The van der Waals surface area contributed by atoms with E-state index in [4.69, 9.17) is 16.3 Å². The number of fused-ring (bicyclic) bond motifs is 1. The zero-order chi connectivity index (χ0) is 12.4. The molecule has 2 aromatic rings. The first-order valence-corrected chi connectivity index (χ1v) is 6.58. The van der Waals surface area contributed by atoms with E-state index >= 15 is 0 Å². The smallest absolute Gasteiger partial charge is 0.130 e. The van der Waals surface area contributed by atoms with Gasteiger partial charge >= 0.3 is 0 Å². The van der Waals surface area contributed by atoms with Crippen molar-refractivity contribution in [3.05, 3.63) is 35.5 Å². The average molecular weight is 263 g/mol. The van der Waals surface area contributed by atoms with Gasteiger partial charge in [-0.3, -0.25) is 4.98 Å². The van der Waals surface area contributed by atoms with Gasteiger partial charge in [-0.2, -0.15) is 0 Å². The second-order valence-corrected chi connectivity index (χ2v) is 5.08. The minimum absolute atomic E-state index is 0.612. The van der Waals surface area contributed by atoms with E-state index in [2.05, 4.69) is 10.3 Å². The molecule has 3 nitrogen and oxygen atoms in total. The fourth-order valence-corrected chi connectivity index (χ4v) is 2.45. The highest BCUT2D eigenvalue weighted by Crippen LogP contribution is 2.26. The van der Waals surface area contributed by atoms with Crippen LogP contribution in [0.3, 0.4) is 0 Å². The highest BCUT2D eigenvalue weighted by molar-refractivity contribution is 6.31. The van der Waals surface area contributed by atoms with Crippen LogP contribution in [0.4, 0.5) is 0 Å². The van der Waals surface area contributed by atoms with E-state index in [0.717, 1.165) is 36.3 Å². The predicted octanol–water partition coefficient (Wildman–Crippen LogP) is 2.88. The molecule has 0 amide bonds. The number of benzene rings is 1. The number of nitrogens with one attached hydrogen (secondary N) is 1. The van der Waals surface area contributed by atoms with Gasteiger partial charge in [-0.25, -0.2) is 0 Å². The standard InChI is InChI=1S/C14H15ClN2O/c15-11-1-2-12-13(7-11)17-6-4-14(12)18-9-10-3-5-16-8-10/h1-2,4,6-7,10,16H,3,5,8-9H2. The van der Waals surface area contributed by atoms with Crippen molar-refractivity contribution in [1.29, 1.82) is 0 Å².